The second kappa shape index (κ2) is 17.6. The van der Waals surface area contributed by atoms with Crippen LogP contribution in [0.4, 0.5) is 34.6 Å². The Morgan fingerprint density at radius 3 is 1.29 bits per heavy atom. The molecule has 2 heterocycles. The van der Waals surface area contributed by atoms with Crippen LogP contribution in [0.2, 0.25) is 0 Å². The molecule has 0 amide bonds. The molecule has 48 heavy (non-hydrogen) atoms. The van der Waals surface area contributed by atoms with Crippen LogP contribution in [0, 0.1) is 0 Å². The molecular weight excluding hydrogens is 641 g/mol. The summed E-state index contributed by atoms with van der Waals surface area (Å²) in [5.74, 6) is 3.89. The highest BCUT2D eigenvalue weighted by molar-refractivity contribution is 8.76. The Kier molecular flexibility index (Phi) is 13.6. The lowest BCUT2D eigenvalue weighted by Gasteiger charge is -2.30. The molecular formula is C34H54N12S2+4. The Morgan fingerprint density at radius 1 is 0.583 bits per heavy atom. The lowest BCUT2D eigenvalue weighted by Crippen LogP contribution is -2.45. The number of anilines is 2. The van der Waals surface area contributed by atoms with Gasteiger partial charge in [0.15, 0.2) is 0 Å². The zero-order valence-electron chi connectivity index (χ0n) is 29.9. The van der Waals surface area contributed by atoms with Gasteiger partial charge < -0.3 is 19.6 Å². The fourth-order valence-electron chi connectivity index (χ4n) is 4.86. The van der Waals surface area contributed by atoms with Gasteiger partial charge in [-0.25, -0.2) is 18.3 Å². The van der Waals surface area contributed by atoms with Crippen molar-refractivity contribution in [2.75, 3.05) is 89.6 Å². The van der Waals surface area contributed by atoms with E-state index in [-0.39, 0.29) is 0 Å². The lowest BCUT2D eigenvalue weighted by atomic mass is 10.3. The molecule has 0 saturated heterocycles. The first-order chi connectivity index (χ1) is 22.9. The highest BCUT2D eigenvalue weighted by Gasteiger charge is 2.17. The molecule has 0 spiro atoms. The Morgan fingerprint density at radius 2 is 0.958 bits per heavy atom. The number of rotatable bonds is 19. The molecule has 4 rings (SSSR count). The molecule has 2 aromatic carbocycles. The highest BCUT2D eigenvalue weighted by atomic mass is 33.1. The predicted molar refractivity (Wildman–Crippen MR) is 200 cm³/mol. The van der Waals surface area contributed by atoms with E-state index in [1.54, 1.807) is 0 Å². The van der Waals surface area contributed by atoms with Gasteiger partial charge in [-0.15, -0.1) is 0 Å². The molecule has 12 nitrogen and oxygen atoms in total. The van der Waals surface area contributed by atoms with Crippen molar-refractivity contribution in [2.24, 2.45) is 48.6 Å². The van der Waals surface area contributed by atoms with Gasteiger partial charge in [-0.3, -0.25) is 0 Å². The average Bonchev–Trinajstić information content (AvgIpc) is 3.55. The summed E-state index contributed by atoms with van der Waals surface area (Å²) in [6, 6.07) is 16.3. The topological polar surface area (TPSA) is 91.1 Å². The molecule has 4 aromatic rings. The zero-order valence-corrected chi connectivity index (χ0v) is 31.5. The third-order valence-electron chi connectivity index (χ3n) is 8.27. The molecule has 0 aliphatic rings. The minimum atomic E-state index is 0.804. The van der Waals surface area contributed by atoms with Gasteiger partial charge in [-0.05, 0) is 48.5 Å². The van der Waals surface area contributed by atoms with E-state index in [1.807, 2.05) is 117 Å². The number of quaternary nitrogens is 2. The summed E-state index contributed by atoms with van der Waals surface area (Å²) in [5, 5.41) is 24.6. The summed E-state index contributed by atoms with van der Waals surface area (Å²) < 4.78 is 9.76. The number of azo groups is 2. The number of hydrogen-bond donors (Lipinski definition) is 2. The largest absolute Gasteiger partial charge is 0.421 e. The summed E-state index contributed by atoms with van der Waals surface area (Å²) >= 11 is 0. The number of nitrogens with one attached hydrogen (secondary N) is 2. The van der Waals surface area contributed by atoms with Gasteiger partial charge in [0.05, 0.1) is 132 Å². The lowest BCUT2D eigenvalue weighted by molar-refractivity contribution is -0.886. The first-order valence-corrected chi connectivity index (χ1v) is 18.8. The van der Waals surface area contributed by atoms with Crippen molar-refractivity contribution in [3.63, 3.8) is 0 Å². The van der Waals surface area contributed by atoms with E-state index in [4.69, 9.17) is 0 Å². The zero-order chi connectivity index (χ0) is 34.6. The molecule has 0 atom stereocenters. The van der Waals surface area contributed by atoms with Crippen LogP contribution >= 0.6 is 21.6 Å². The Bertz CT molecular complexity index is 1460. The maximum absolute atomic E-state index is 4.38. The molecule has 0 unspecified atom stereocenters. The van der Waals surface area contributed by atoms with Gasteiger partial charge in [0.1, 0.15) is 11.4 Å². The summed E-state index contributed by atoms with van der Waals surface area (Å²) in [6.45, 7) is 6.25. The maximum Gasteiger partial charge on any atom is 0.421 e. The molecule has 0 bridgehead atoms. The second-order valence-electron chi connectivity index (χ2n) is 13.4. The van der Waals surface area contributed by atoms with Crippen molar-refractivity contribution < 1.29 is 18.1 Å². The fourth-order valence-corrected chi connectivity index (χ4v) is 7.39. The first kappa shape index (κ1) is 37.1. The third kappa shape index (κ3) is 12.1. The van der Waals surface area contributed by atoms with E-state index in [2.05, 4.69) is 83.5 Å². The number of aryl methyl sites for hydroxylation is 4. The number of nitrogens with zero attached hydrogens (tertiary/aromatic N) is 10. The van der Waals surface area contributed by atoms with Crippen LogP contribution in [0.15, 0.2) is 93.8 Å². The number of likely N-dealkylation sites (N-methyl/N-ethyl adjacent to an activating group) is 2. The molecule has 0 aliphatic heterocycles. The highest BCUT2D eigenvalue weighted by Crippen LogP contribution is 2.23. The van der Waals surface area contributed by atoms with Crippen molar-refractivity contribution >= 4 is 56.2 Å². The van der Waals surface area contributed by atoms with E-state index in [0.29, 0.717) is 0 Å². The fraction of sp³-hybridized carbons (Fsp3) is 0.471. The monoisotopic (exact) mass is 694 g/mol. The Balaban J connectivity index is 1.05. The van der Waals surface area contributed by atoms with Crippen molar-refractivity contribution in [2.45, 2.75) is 0 Å². The number of hydrogen-bond acceptors (Lipinski definition) is 8. The van der Waals surface area contributed by atoms with Crippen LogP contribution in [0.25, 0.3) is 0 Å². The van der Waals surface area contributed by atoms with Crippen molar-refractivity contribution in [1.82, 2.24) is 9.13 Å². The van der Waals surface area contributed by atoms with E-state index in [1.165, 1.54) is 0 Å². The SMILES string of the molecule is Cn1cc[n+](C)c1N=Nc1ccc(NCC[N+](C)(C)CCSSCC[N+](C)(C)CCNc2ccc(N=Nc3n(C)cc[n+]3C)cc2)cc1. The van der Waals surface area contributed by atoms with Gasteiger partial charge in [-0.1, -0.05) is 31.8 Å². The molecule has 14 heteroatoms. The smallest absolute Gasteiger partial charge is 0.379 e. The number of imidazole rings is 2. The molecule has 2 N–H and O–H groups in total. The quantitative estimate of drug-likeness (QED) is 0.0421. The molecule has 2 aromatic heterocycles. The van der Waals surface area contributed by atoms with E-state index < -0.39 is 0 Å². The van der Waals surface area contributed by atoms with Crippen LogP contribution < -0.4 is 19.8 Å². The van der Waals surface area contributed by atoms with E-state index >= 15 is 0 Å². The van der Waals surface area contributed by atoms with Crippen LogP contribution in [-0.4, -0.2) is 97.1 Å². The van der Waals surface area contributed by atoms with E-state index in [0.717, 1.165) is 94.4 Å². The summed E-state index contributed by atoms with van der Waals surface area (Å²) in [5.41, 5.74) is 3.89. The standard InChI is InChI=1S/C34H52N12S2/c1-41-19-20-42(2)33(41)39-37-31-13-9-29(10-14-31)35-17-23-45(5,6)25-27-47-48-28-26-46(7,8)24-18-36-30-11-15-32(16-12-30)38-40-34-43(3)21-22-44(34)4/h9-16,19-22H,17-18,23-28H2,1-8H3/q+2/p+2. The van der Waals surface area contributed by atoms with Crippen molar-refractivity contribution in [1.29, 1.82) is 0 Å². The van der Waals surface area contributed by atoms with Crippen molar-refractivity contribution in [3.8, 4) is 0 Å². The second-order valence-corrected chi connectivity index (χ2v) is 16.1. The van der Waals surface area contributed by atoms with Crippen LogP contribution in [-0.2, 0) is 28.2 Å². The van der Waals surface area contributed by atoms with Gasteiger partial charge in [0.2, 0.25) is 0 Å². The first-order valence-electron chi connectivity index (χ1n) is 16.3. The average molecular weight is 695 g/mol. The third-order valence-corrected chi connectivity index (χ3v) is 10.6. The number of aromatic nitrogens is 4. The molecule has 258 valence electrons. The van der Waals surface area contributed by atoms with Crippen LogP contribution in [0.3, 0.4) is 0 Å². The Labute approximate surface area is 294 Å². The van der Waals surface area contributed by atoms with Crippen LogP contribution in [0.5, 0.6) is 0 Å². The predicted octanol–water partition coefficient (Wildman–Crippen LogP) is 5.90. The minimum absolute atomic E-state index is 0.804. The normalized spacial score (nSPS) is 12.4. The van der Waals surface area contributed by atoms with Gasteiger partial charge in [0.25, 0.3) is 0 Å². The molecule has 0 aliphatic carbocycles. The van der Waals surface area contributed by atoms with E-state index in [9.17, 15) is 0 Å². The molecule has 0 fully saturated rings. The van der Waals surface area contributed by atoms with Gasteiger partial charge in [-0.2, -0.15) is 0 Å². The summed E-state index contributed by atoms with van der Waals surface area (Å²) in [6.07, 6.45) is 7.86. The summed E-state index contributed by atoms with van der Waals surface area (Å²) in [4.78, 5) is 0. The summed E-state index contributed by atoms with van der Waals surface area (Å²) in [7, 11) is 21.1. The molecule has 0 saturated carbocycles. The van der Waals surface area contributed by atoms with Gasteiger partial charge in [0, 0.05) is 21.6 Å². The Hall–Kier alpha value is -3.72. The maximum atomic E-state index is 4.38. The number of benzene rings is 2. The minimum Gasteiger partial charge on any atom is -0.379 e. The van der Waals surface area contributed by atoms with Gasteiger partial charge >= 0.3 is 11.9 Å². The molecule has 0 radical (unpaired) electrons. The van der Waals surface area contributed by atoms with Crippen molar-refractivity contribution in [3.05, 3.63) is 73.3 Å². The van der Waals surface area contributed by atoms with Crippen LogP contribution in [0.1, 0.15) is 0 Å².